The summed E-state index contributed by atoms with van der Waals surface area (Å²) in [5, 5.41) is 0.559. The summed E-state index contributed by atoms with van der Waals surface area (Å²) in [5.41, 5.74) is 1.63. The van der Waals surface area contributed by atoms with Gasteiger partial charge in [0.15, 0.2) is 0 Å². The number of hydrogen-bond donors (Lipinski definition) is 0. The molecule has 0 heterocycles. The second kappa shape index (κ2) is 6.96. The fraction of sp³-hybridized carbons (Fsp3) is 0.188. The fourth-order valence-corrected chi connectivity index (χ4v) is 2.48. The molecule has 0 bridgehead atoms. The Morgan fingerprint density at radius 2 is 1.86 bits per heavy atom. The van der Waals surface area contributed by atoms with E-state index in [0.29, 0.717) is 22.9 Å². The summed E-state index contributed by atoms with van der Waals surface area (Å²) in [6.45, 7) is 0.401. The molecule has 0 aliphatic rings. The number of nitrogens with zero attached hydrogens (tertiary/aromatic N) is 1. The predicted molar refractivity (Wildman–Crippen MR) is 87.9 cm³/mol. The third-order valence-corrected chi connectivity index (χ3v) is 3.68. The summed E-state index contributed by atoms with van der Waals surface area (Å²) in [6.07, 6.45) is 0. The second-order valence-corrected chi connectivity index (χ2v) is 6.08. The maximum Gasteiger partial charge on any atom is 0.253 e. The van der Waals surface area contributed by atoms with Crippen LogP contribution in [-0.2, 0) is 6.61 Å². The maximum atomic E-state index is 11.8. The van der Waals surface area contributed by atoms with Crippen molar-refractivity contribution in [3.8, 4) is 5.75 Å². The van der Waals surface area contributed by atoms with E-state index in [1.54, 1.807) is 37.2 Å². The van der Waals surface area contributed by atoms with Crippen LogP contribution in [0.2, 0.25) is 5.02 Å². The predicted octanol–water partition coefficient (Wildman–Crippen LogP) is 4.38. The highest BCUT2D eigenvalue weighted by molar-refractivity contribution is 9.10. The molecular formula is C16H15BrClNO2. The lowest BCUT2D eigenvalue weighted by Crippen LogP contribution is -2.21. The molecule has 0 saturated heterocycles. The van der Waals surface area contributed by atoms with Crippen LogP contribution in [0.3, 0.4) is 0 Å². The van der Waals surface area contributed by atoms with Crippen LogP contribution in [0.15, 0.2) is 46.9 Å². The lowest BCUT2D eigenvalue weighted by molar-refractivity contribution is 0.0827. The second-order valence-electron chi connectivity index (χ2n) is 4.76. The van der Waals surface area contributed by atoms with Crippen LogP contribution < -0.4 is 4.74 Å². The fourth-order valence-electron chi connectivity index (χ4n) is 1.76. The molecule has 0 aliphatic carbocycles. The van der Waals surface area contributed by atoms with Crippen molar-refractivity contribution in [2.24, 2.45) is 0 Å². The number of carbonyl (C=O) groups is 1. The van der Waals surface area contributed by atoms with E-state index in [-0.39, 0.29) is 5.91 Å². The van der Waals surface area contributed by atoms with Crippen molar-refractivity contribution >= 4 is 33.4 Å². The zero-order valence-corrected chi connectivity index (χ0v) is 14.1. The van der Waals surface area contributed by atoms with Gasteiger partial charge in [-0.15, -0.1) is 0 Å². The summed E-state index contributed by atoms with van der Waals surface area (Å²) >= 11 is 9.44. The molecule has 2 aromatic rings. The number of rotatable bonds is 4. The largest absolute Gasteiger partial charge is 0.487 e. The Kier molecular flexibility index (Phi) is 5.26. The Morgan fingerprint density at radius 3 is 2.43 bits per heavy atom. The van der Waals surface area contributed by atoms with E-state index < -0.39 is 0 Å². The average Bonchev–Trinajstić information content (AvgIpc) is 2.46. The van der Waals surface area contributed by atoms with E-state index >= 15 is 0 Å². The van der Waals surface area contributed by atoms with E-state index in [9.17, 15) is 4.79 Å². The molecule has 1 amide bonds. The third-order valence-electron chi connectivity index (χ3n) is 2.90. The van der Waals surface area contributed by atoms with Gasteiger partial charge < -0.3 is 9.64 Å². The van der Waals surface area contributed by atoms with Crippen LogP contribution in [0.25, 0.3) is 0 Å². The van der Waals surface area contributed by atoms with Crippen LogP contribution >= 0.6 is 27.5 Å². The molecule has 0 N–H and O–H groups in total. The summed E-state index contributed by atoms with van der Waals surface area (Å²) in [4.78, 5) is 13.3. The first kappa shape index (κ1) is 15.9. The molecule has 0 saturated carbocycles. The minimum atomic E-state index is -0.0153. The summed E-state index contributed by atoms with van der Waals surface area (Å²) in [7, 11) is 3.46. The zero-order valence-electron chi connectivity index (χ0n) is 11.8. The molecule has 0 aromatic heterocycles. The Hall–Kier alpha value is -1.52. The van der Waals surface area contributed by atoms with Gasteiger partial charge in [-0.25, -0.2) is 0 Å². The summed E-state index contributed by atoms with van der Waals surface area (Å²) in [5.74, 6) is 0.617. The van der Waals surface area contributed by atoms with E-state index in [2.05, 4.69) is 15.9 Å². The van der Waals surface area contributed by atoms with E-state index in [4.69, 9.17) is 16.3 Å². The average molecular weight is 369 g/mol. The quantitative estimate of drug-likeness (QED) is 0.801. The minimum absolute atomic E-state index is 0.0153. The summed E-state index contributed by atoms with van der Waals surface area (Å²) in [6, 6.07) is 12.8. The molecule has 3 nitrogen and oxygen atoms in total. The van der Waals surface area contributed by atoms with Crippen molar-refractivity contribution in [3.05, 3.63) is 63.1 Å². The number of carbonyl (C=O) groups excluding carboxylic acids is 1. The van der Waals surface area contributed by atoms with Gasteiger partial charge in [0.2, 0.25) is 0 Å². The van der Waals surface area contributed by atoms with E-state index in [1.165, 1.54) is 0 Å². The van der Waals surface area contributed by atoms with Crippen LogP contribution in [0.5, 0.6) is 5.75 Å². The molecule has 110 valence electrons. The summed E-state index contributed by atoms with van der Waals surface area (Å²) < 4.78 is 6.59. The molecule has 0 unspecified atom stereocenters. The van der Waals surface area contributed by atoms with Crippen molar-refractivity contribution in [1.29, 1.82) is 0 Å². The molecule has 21 heavy (non-hydrogen) atoms. The van der Waals surface area contributed by atoms with Gasteiger partial charge in [0.1, 0.15) is 12.4 Å². The van der Waals surface area contributed by atoms with Gasteiger partial charge >= 0.3 is 0 Å². The highest BCUT2D eigenvalue weighted by atomic mass is 79.9. The van der Waals surface area contributed by atoms with Gasteiger partial charge in [-0.05, 0) is 35.9 Å². The number of hydrogen-bond acceptors (Lipinski definition) is 2. The standard InChI is InChI=1S/C16H15BrClNO2/c1-19(2)16(20)12-5-3-11(4-6-12)10-21-15-8-7-13(17)9-14(15)18/h3-9H,10H2,1-2H3. The first-order valence-electron chi connectivity index (χ1n) is 6.36. The Morgan fingerprint density at radius 1 is 1.19 bits per heavy atom. The number of ether oxygens (including phenoxy) is 1. The lowest BCUT2D eigenvalue weighted by atomic mass is 10.1. The Balaban J connectivity index is 2.02. The smallest absolute Gasteiger partial charge is 0.253 e. The van der Waals surface area contributed by atoms with Gasteiger partial charge in [-0.3, -0.25) is 4.79 Å². The highest BCUT2D eigenvalue weighted by Gasteiger charge is 2.08. The first-order valence-corrected chi connectivity index (χ1v) is 7.53. The van der Waals surface area contributed by atoms with Crippen LogP contribution in [0, 0.1) is 0 Å². The van der Waals surface area contributed by atoms with Gasteiger partial charge in [0.05, 0.1) is 5.02 Å². The van der Waals surface area contributed by atoms with Crippen LogP contribution in [-0.4, -0.2) is 24.9 Å². The van der Waals surface area contributed by atoms with Crippen molar-refractivity contribution in [2.45, 2.75) is 6.61 Å². The molecule has 2 rings (SSSR count). The van der Waals surface area contributed by atoms with Crippen molar-refractivity contribution in [1.82, 2.24) is 4.90 Å². The normalized spacial score (nSPS) is 10.3. The molecule has 5 heteroatoms. The van der Waals surface area contributed by atoms with Gasteiger partial charge in [-0.1, -0.05) is 39.7 Å². The number of halogens is 2. The van der Waals surface area contributed by atoms with E-state index in [1.807, 2.05) is 24.3 Å². The zero-order chi connectivity index (χ0) is 15.4. The highest BCUT2D eigenvalue weighted by Crippen LogP contribution is 2.28. The molecule has 2 aromatic carbocycles. The van der Waals surface area contributed by atoms with Crippen molar-refractivity contribution < 1.29 is 9.53 Å². The Bertz CT molecular complexity index is 641. The molecular weight excluding hydrogens is 354 g/mol. The molecule has 0 radical (unpaired) electrons. The number of benzene rings is 2. The molecule has 0 atom stereocenters. The Labute approximate surface area is 137 Å². The monoisotopic (exact) mass is 367 g/mol. The van der Waals surface area contributed by atoms with Crippen LogP contribution in [0.1, 0.15) is 15.9 Å². The molecule has 0 spiro atoms. The SMILES string of the molecule is CN(C)C(=O)c1ccc(COc2ccc(Br)cc2Cl)cc1. The molecule has 0 aliphatic heterocycles. The van der Waals surface area contributed by atoms with Gasteiger partial charge in [0.25, 0.3) is 5.91 Å². The van der Waals surface area contributed by atoms with Crippen molar-refractivity contribution in [3.63, 3.8) is 0 Å². The molecule has 0 fully saturated rings. The van der Waals surface area contributed by atoms with E-state index in [0.717, 1.165) is 10.0 Å². The van der Waals surface area contributed by atoms with Crippen LogP contribution in [0.4, 0.5) is 0 Å². The topological polar surface area (TPSA) is 29.5 Å². The first-order chi connectivity index (χ1) is 9.97. The van der Waals surface area contributed by atoms with Gasteiger partial charge in [0, 0.05) is 24.1 Å². The number of amides is 1. The van der Waals surface area contributed by atoms with Crippen molar-refractivity contribution in [2.75, 3.05) is 14.1 Å². The maximum absolute atomic E-state index is 11.8. The van der Waals surface area contributed by atoms with Gasteiger partial charge in [-0.2, -0.15) is 0 Å². The third kappa shape index (κ3) is 4.22. The lowest BCUT2D eigenvalue weighted by Gasteiger charge is -2.11. The minimum Gasteiger partial charge on any atom is -0.487 e.